The quantitative estimate of drug-likeness (QED) is 0.799. The zero-order valence-electron chi connectivity index (χ0n) is 10.1. The van der Waals surface area contributed by atoms with Gasteiger partial charge in [-0.2, -0.15) is 0 Å². The van der Waals surface area contributed by atoms with Crippen LogP contribution in [-0.2, 0) is 6.42 Å². The number of methoxy groups -OCH3 is 3. The largest absolute Gasteiger partial charge is 0.493 e. The van der Waals surface area contributed by atoms with Crippen LogP contribution in [-0.4, -0.2) is 27.9 Å². The van der Waals surface area contributed by atoms with Gasteiger partial charge in [-0.25, -0.2) is 0 Å². The average Bonchev–Trinajstić information content (AvgIpc) is 2.34. The predicted octanol–water partition coefficient (Wildman–Crippen LogP) is 1.60. The first-order valence-electron chi connectivity index (χ1n) is 5.25. The van der Waals surface area contributed by atoms with E-state index in [0.29, 0.717) is 23.8 Å². The first-order valence-corrected chi connectivity index (χ1v) is 5.25. The third kappa shape index (κ3) is 2.79. The monoisotopic (exact) mass is 225 g/mol. The van der Waals surface area contributed by atoms with Crippen molar-refractivity contribution >= 4 is 0 Å². The van der Waals surface area contributed by atoms with E-state index in [2.05, 4.69) is 0 Å². The van der Waals surface area contributed by atoms with Gasteiger partial charge >= 0.3 is 0 Å². The molecule has 0 aliphatic rings. The van der Waals surface area contributed by atoms with Crippen LogP contribution in [0.2, 0.25) is 0 Å². The molecular formula is C12H19NO3. The van der Waals surface area contributed by atoms with Crippen LogP contribution >= 0.6 is 0 Å². The van der Waals surface area contributed by atoms with Gasteiger partial charge in [-0.05, 0) is 37.1 Å². The summed E-state index contributed by atoms with van der Waals surface area (Å²) in [7, 11) is 4.83. The summed E-state index contributed by atoms with van der Waals surface area (Å²) in [4.78, 5) is 0. The summed E-state index contributed by atoms with van der Waals surface area (Å²) in [6.45, 7) is 0.677. The van der Waals surface area contributed by atoms with Crippen LogP contribution in [0.4, 0.5) is 0 Å². The molecule has 0 aliphatic carbocycles. The smallest absolute Gasteiger partial charge is 0.203 e. The minimum atomic E-state index is 0.626. The molecule has 0 radical (unpaired) electrons. The fourth-order valence-electron chi connectivity index (χ4n) is 1.59. The molecule has 0 saturated carbocycles. The maximum atomic E-state index is 5.49. The van der Waals surface area contributed by atoms with Crippen LogP contribution in [0.5, 0.6) is 17.2 Å². The first kappa shape index (κ1) is 12.6. The van der Waals surface area contributed by atoms with E-state index in [-0.39, 0.29) is 0 Å². The molecule has 0 fully saturated rings. The highest BCUT2D eigenvalue weighted by atomic mass is 16.5. The molecule has 0 saturated heterocycles. The van der Waals surface area contributed by atoms with Crippen LogP contribution in [0.3, 0.4) is 0 Å². The Kier molecular flexibility index (Phi) is 4.92. The lowest BCUT2D eigenvalue weighted by atomic mass is 10.1. The Bertz CT molecular complexity index is 314. The second-order valence-electron chi connectivity index (χ2n) is 3.43. The summed E-state index contributed by atoms with van der Waals surface area (Å²) in [6.07, 6.45) is 1.85. The van der Waals surface area contributed by atoms with Gasteiger partial charge in [0.1, 0.15) is 0 Å². The van der Waals surface area contributed by atoms with Gasteiger partial charge in [0.2, 0.25) is 5.75 Å². The predicted molar refractivity (Wildman–Crippen MR) is 63.5 cm³/mol. The van der Waals surface area contributed by atoms with Gasteiger partial charge in [-0.3, -0.25) is 0 Å². The van der Waals surface area contributed by atoms with Crippen molar-refractivity contribution in [3.8, 4) is 17.2 Å². The molecule has 1 aromatic rings. The van der Waals surface area contributed by atoms with E-state index in [9.17, 15) is 0 Å². The number of rotatable bonds is 6. The van der Waals surface area contributed by atoms with Gasteiger partial charge in [0.05, 0.1) is 21.3 Å². The molecule has 0 aromatic heterocycles. The maximum Gasteiger partial charge on any atom is 0.203 e. The van der Waals surface area contributed by atoms with Crippen LogP contribution in [0.25, 0.3) is 0 Å². The van der Waals surface area contributed by atoms with Gasteiger partial charge in [0.25, 0.3) is 0 Å². The van der Waals surface area contributed by atoms with E-state index in [1.54, 1.807) is 21.3 Å². The molecule has 0 amide bonds. The third-order valence-corrected chi connectivity index (χ3v) is 2.39. The molecule has 0 bridgehead atoms. The highest BCUT2D eigenvalue weighted by Crippen LogP contribution is 2.38. The van der Waals surface area contributed by atoms with Crippen LogP contribution in [0.1, 0.15) is 12.0 Å². The molecular weight excluding hydrogens is 206 g/mol. The van der Waals surface area contributed by atoms with E-state index in [4.69, 9.17) is 19.9 Å². The molecule has 0 unspecified atom stereocenters. The van der Waals surface area contributed by atoms with Crippen molar-refractivity contribution in [2.75, 3.05) is 27.9 Å². The van der Waals surface area contributed by atoms with Gasteiger partial charge < -0.3 is 19.9 Å². The van der Waals surface area contributed by atoms with Crippen molar-refractivity contribution in [2.45, 2.75) is 12.8 Å². The Morgan fingerprint density at radius 1 is 1.00 bits per heavy atom. The van der Waals surface area contributed by atoms with Crippen molar-refractivity contribution in [3.05, 3.63) is 17.7 Å². The first-order chi connectivity index (χ1) is 7.76. The molecule has 90 valence electrons. The summed E-state index contributed by atoms with van der Waals surface area (Å²) in [6, 6.07) is 3.91. The zero-order chi connectivity index (χ0) is 12.0. The van der Waals surface area contributed by atoms with Crippen LogP contribution < -0.4 is 19.9 Å². The van der Waals surface area contributed by atoms with Crippen LogP contribution in [0.15, 0.2) is 12.1 Å². The van der Waals surface area contributed by atoms with E-state index in [1.807, 2.05) is 12.1 Å². The van der Waals surface area contributed by atoms with E-state index in [1.165, 1.54) is 0 Å². The average molecular weight is 225 g/mol. The normalized spacial score (nSPS) is 10.0. The Morgan fingerprint density at radius 2 is 1.56 bits per heavy atom. The molecule has 2 N–H and O–H groups in total. The summed E-state index contributed by atoms with van der Waals surface area (Å²) >= 11 is 0. The topological polar surface area (TPSA) is 53.7 Å². The number of hydrogen-bond donors (Lipinski definition) is 1. The van der Waals surface area contributed by atoms with Gasteiger partial charge in [0.15, 0.2) is 11.5 Å². The summed E-state index contributed by atoms with van der Waals surface area (Å²) in [5, 5.41) is 0. The highest BCUT2D eigenvalue weighted by molar-refractivity contribution is 5.53. The Hall–Kier alpha value is -1.42. The lowest BCUT2D eigenvalue weighted by molar-refractivity contribution is 0.323. The molecule has 0 spiro atoms. The molecule has 4 heteroatoms. The van der Waals surface area contributed by atoms with Crippen molar-refractivity contribution in [1.82, 2.24) is 0 Å². The second-order valence-corrected chi connectivity index (χ2v) is 3.43. The molecule has 16 heavy (non-hydrogen) atoms. The van der Waals surface area contributed by atoms with Crippen molar-refractivity contribution in [3.63, 3.8) is 0 Å². The standard InChI is InChI=1S/C12H19NO3/c1-14-10-7-9(5-4-6-13)8-11(15-2)12(10)16-3/h7-8H,4-6,13H2,1-3H3. The van der Waals surface area contributed by atoms with Crippen LogP contribution in [0, 0.1) is 0 Å². The van der Waals surface area contributed by atoms with E-state index < -0.39 is 0 Å². The van der Waals surface area contributed by atoms with Crippen molar-refractivity contribution in [2.24, 2.45) is 5.73 Å². The minimum absolute atomic E-state index is 0.626. The fourth-order valence-corrected chi connectivity index (χ4v) is 1.59. The van der Waals surface area contributed by atoms with E-state index >= 15 is 0 Å². The lowest BCUT2D eigenvalue weighted by Crippen LogP contribution is -2.02. The molecule has 0 aliphatic heterocycles. The molecule has 4 nitrogen and oxygen atoms in total. The van der Waals surface area contributed by atoms with Gasteiger partial charge in [-0.15, -0.1) is 0 Å². The number of nitrogens with two attached hydrogens (primary N) is 1. The molecule has 0 heterocycles. The van der Waals surface area contributed by atoms with Gasteiger partial charge in [-0.1, -0.05) is 0 Å². The highest BCUT2D eigenvalue weighted by Gasteiger charge is 2.12. The summed E-state index contributed by atoms with van der Waals surface area (Å²) < 4.78 is 15.8. The second kappa shape index (κ2) is 6.23. The summed E-state index contributed by atoms with van der Waals surface area (Å²) in [5.41, 5.74) is 6.63. The Morgan fingerprint density at radius 3 is 1.94 bits per heavy atom. The number of ether oxygens (including phenoxy) is 3. The third-order valence-electron chi connectivity index (χ3n) is 2.39. The molecule has 1 aromatic carbocycles. The van der Waals surface area contributed by atoms with Gasteiger partial charge in [0, 0.05) is 0 Å². The summed E-state index contributed by atoms with van der Waals surface area (Å²) in [5.74, 6) is 2.00. The SMILES string of the molecule is COc1cc(CCCN)cc(OC)c1OC. The Labute approximate surface area is 96.3 Å². The van der Waals surface area contributed by atoms with E-state index in [0.717, 1.165) is 18.4 Å². The molecule has 1 rings (SSSR count). The number of hydrogen-bond acceptors (Lipinski definition) is 4. The zero-order valence-corrected chi connectivity index (χ0v) is 10.1. The number of benzene rings is 1. The maximum absolute atomic E-state index is 5.49. The van der Waals surface area contributed by atoms with Crippen molar-refractivity contribution < 1.29 is 14.2 Å². The minimum Gasteiger partial charge on any atom is -0.493 e. The number of aryl methyl sites for hydroxylation is 1. The Balaban J connectivity index is 3.05. The fraction of sp³-hybridized carbons (Fsp3) is 0.500. The van der Waals surface area contributed by atoms with Crippen molar-refractivity contribution in [1.29, 1.82) is 0 Å². The lowest BCUT2D eigenvalue weighted by Gasteiger charge is -2.13. The molecule has 0 atom stereocenters.